The van der Waals surface area contributed by atoms with Crippen molar-refractivity contribution in [3.05, 3.63) is 24.0 Å². The Bertz CT molecular complexity index is 463. The molecule has 1 fully saturated rings. The van der Waals surface area contributed by atoms with Gasteiger partial charge in [-0.3, -0.25) is 9.59 Å². The standard InChI is InChI=1S/C14H20N2O3/c1-2-10(8-13(17)18)9-15-14(19)12-4-3-7-16(12)11-5-6-11/h3-4,7,10-11H,2,5-6,8-9H2,1H3,(H,15,19)(H,17,18). The molecule has 1 aromatic rings. The van der Waals surface area contributed by atoms with Gasteiger partial charge in [0.2, 0.25) is 0 Å². The summed E-state index contributed by atoms with van der Waals surface area (Å²) in [7, 11) is 0. The van der Waals surface area contributed by atoms with Crippen LogP contribution in [0.3, 0.4) is 0 Å². The van der Waals surface area contributed by atoms with Gasteiger partial charge in [0, 0.05) is 25.2 Å². The van der Waals surface area contributed by atoms with E-state index in [1.165, 1.54) is 0 Å². The third-order valence-electron chi connectivity index (χ3n) is 3.54. The second kappa shape index (κ2) is 5.91. The molecule has 0 radical (unpaired) electrons. The van der Waals surface area contributed by atoms with Gasteiger partial charge in [-0.15, -0.1) is 0 Å². The minimum absolute atomic E-state index is 0.00853. The number of carbonyl (C=O) groups excluding carboxylic acids is 1. The summed E-state index contributed by atoms with van der Waals surface area (Å²) in [5.41, 5.74) is 0.674. The zero-order chi connectivity index (χ0) is 13.8. The van der Waals surface area contributed by atoms with Crippen molar-refractivity contribution in [3.8, 4) is 0 Å². The third-order valence-corrected chi connectivity index (χ3v) is 3.54. The van der Waals surface area contributed by atoms with Crippen molar-refractivity contribution in [2.45, 2.75) is 38.6 Å². The van der Waals surface area contributed by atoms with E-state index in [0.717, 1.165) is 19.3 Å². The van der Waals surface area contributed by atoms with Crippen molar-refractivity contribution in [2.24, 2.45) is 5.92 Å². The molecule has 1 amide bonds. The first-order valence-electron chi connectivity index (χ1n) is 6.78. The van der Waals surface area contributed by atoms with E-state index in [1.54, 1.807) is 0 Å². The van der Waals surface area contributed by atoms with Gasteiger partial charge in [-0.1, -0.05) is 13.3 Å². The average Bonchev–Trinajstić information content (AvgIpc) is 3.11. The lowest BCUT2D eigenvalue weighted by Gasteiger charge is -2.14. The van der Waals surface area contributed by atoms with E-state index in [9.17, 15) is 9.59 Å². The van der Waals surface area contributed by atoms with Crippen molar-refractivity contribution in [1.82, 2.24) is 9.88 Å². The van der Waals surface area contributed by atoms with E-state index in [2.05, 4.69) is 5.32 Å². The molecule has 2 rings (SSSR count). The molecule has 1 heterocycles. The molecule has 1 unspecified atom stereocenters. The summed E-state index contributed by atoms with van der Waals surface area (Å²) in [6, 6.07) is 4.16. The van der Waals surface area contributed by atoms with Crippen LogP contribution in [-0.2, 0) is 4.79 Å². The quantitative estimate of drug-likeness (QED) is 0.791. The monoisotopic (exact) mass is 264 g/mol. The van der Waals surface area contributed by atoms with Crippen LogP contribution in [-0.4, -0.2) is 28.1 Å². The topological polar surface area (TPSA) is 71.3 Å². The van der Waals surface area contributed by atoms with E-state index in [0.29, 0.717) is 18.3 Å². The normalized spacial score (nSPS) is 16.1. The molecule has 1 saturated carbocycles. The third kappa shape index (κ3) is 3.59. The van der Waals surface area contributed by atoms with Gasteiger partial charge in [-0.05, 0) is 30.9 Å². The van der Waals surface area contributed by atoms with Crippen LogP contribution in [0.4, 0.5) is 0 Å². The van der Waals surface area contributed by atoms with Crippen LogP contribution in [0, 0.1) is 5.92 Å². The smallest absolute Gasteiger partial charge is 0.303 e. The average molecular weight is 264 g/mol. The van der Waals surface area contributed by atoms with E-state index in [1.807, 2.05) is 29.8 Å². The van der Waals surface area contributed by atoms with Crippen molar-refractivity contribution >= 4 is 11.9 Å². The van der Waals surface area contributed by atoms with Crippen LogP contribution in [0.5, 0.6) is 0 Å². The number of nitrogens with zero attached hydrogens (tertiary/aromatic N) is 1. The number of carboxylic acid groups (broad SMARTS) is 1. The molecule has 1 aliphatic rings. The number of rotatable bonds is 7. The van der Waals surface area contributed by atoms with Crippen molar-refractivity contribution in [2.75, 3.05) is 6.54 Å². The molecule has 5 nitrogen and oxygen atoms in total. The second-order valence-electron chi connectivity index (χ2n) is 5.11. The van der Waals surface area contributed by atoms with Gasteiger partial charge >= 0.3 is 5.97 Å². The van der Waals surface area contributed by atoms with Gasteiger partial charge in [-0.25, -0.2) is 0 Å². The van der Waals surface area contributed by atoms with Gasteiger partial charge in [0.15, 0.2) is 0 Å². The predicted molar refractivity (Wildman–Crippen MR) is 71.1 cm³/mol. The maximum atomic E-state index is 12.1. The van der Waals surface area contributed by atoms with Crippen LogP contribution < -0.4 is 5.32 Å². The Hall–Kier alpha value is -1.78. The zero-order valence-corrected chi connectivity index (χ0v) is 11.1. The van der Waals surface area contributed by atoms with Crippen LogP contribution in [0.15, 0.2) is 18.3 Å². The summed E-state index contributed by atoms with van der Waals surface area (Å²) in [6.07, 6.45) is 5.04. The van der Waals surface area contributed by atoms with Gasteiger partial charge in [0.1, 0.15) is 5.69 Å². The first kappa shape index (κ1) is 13.6. The Morgan fingerprint density at radius 3 is 2.84 bits per heavy atom. The lowest BCUT2D eigenvalue weighted by molar-refractivity contribution is -0.138. The van der Waals surface area contributed by atoms with E-state index in [-0.39, 0.29) is 18.2 Å². The predicted octanol–water partition coefficient (Wildman–Crippen LogP) is 2.05. The van der Waals surface area contributed by atoms with Crippen LogP contribution in [0.1, 0.15) is 49.1 Å². The molecule has 5 heteroatoms. The van der Waals surface area contributed by atoms with Crippen molar-refractivity contribution < 1.29 is 14.7 Å². The molecule has 104 valence electrons. The summed E-state index contributed by atoms with van der Waals surface area (Å²) < 4.78 is 2.01. The number of amides is 1. The van der Waals surface area contributed by atoms with Crippen molar-refractivity contribution in [3.63, 3.8) is 0 Å². The number of carbonyl (C=O) groups is 2. The Morgan fingerprint density at radius 1 is 1.53 bits per heavy atom. The summed E-state index contributed by atoms with van der Waals surface area (Å²) in [6.45, 7) is 2.35. The summed E-state index contributed by atoms with van der Waals surface area (Å²) >= 11 is 0. The summed E-state index contributed by atoms with van der Waals surface area (Å²) in [4.78, 5) is 22.8. The highest BCUT2D eigenvalue weighted by atomic mass is 16.4. The molecule has 0 bridgehead atoms. The van der Waals surface area contributed by atoms with Gasteiger partial charge < -0.3 is 15.0 Å². The fraction of sp³-hybridized carbons (Fsp3) is 0.571. The van der Waals surface area contributed by atoms with Gasteiger partial charge in [-0.2, -0.15) is 0 Å². The first-order valence-corrected chi connectivity index (χ1v) is 6.78. The Kier molecular flexibility index (Phi) is 4.24. The SMILES string of the molecule is CCC(CNC(=O)c1cccn1C1CC1)CC(=O)O. The lowest BCUT2D eigenvalue weighted by atomic mass is 10.0. The first-order chi connectivity index (χ1) is 9.11. The Balaban J connectivity index is 1.89. The van der Waals surface area contributed by atoms with Crippen molar-refractivity contribution in [1.29, 1.82) is 0 Å². The molecular formula is C14H20N2O3. The van der Waals surface area contributed by atoms with Crippen LogP contribution in [0.25, 0.3) is 0 Å². The number of aliphatic carboxylic acids is 1. The van der Waals surface area contributed by atoms with Crippen LogP contribution >= 0.6 is 0 Å². The molecule has 19 heavy (non-hydrogen) atoms. The van der Waals surface area contributed by atoms with Gasteiger partial charge in [0.25, 0.3) is 5.91 Å². The second-order valence-corrected chi connectivity index (χ2v) is 5.11. The highest BCUT2D eigenvalue weighted by Gasteiger charge is 2.26. The molecule has 0 aliphatic heterocycles. The number of hydrogen-bond acceptors (Lipinski definition) is 2. The fourth-order valence-corrected chi connectivity index (χ4v) is 2.19. The summed E-state index contributed by atoms with van der Waals surface area (Å²) in [5.74, 6) is -0.936. The molecule has 2 N–H and O–H groups in total. The molecule has 1 aromatic heterocycles. The molecule has 0 aromatic carbocycles. The maximum Gasteiger partial charge on any atom is 0.303 e. The number of hydrogen-bond donors (Lipinski definition) is 2. The molecule has 1 atom stereocenters. The van der Waals surface area contributed by atoms with E-state index >= 15 is 0 Å². The number of carboxylic acids is 1. The van der Waals surface area contributed by atoms with Crippen LogP contribution in [0.2, 0.25) is 0 Å². The Labute approximate surface area is 112 Å². The Morgan fingerprint density at radius 2 is 2.26 bits per heavy atom. The molecular weight excluding hydrogens is 244 g/mol. The number of nitrogens with one attached hydrogen (secondary N) is 1. The van der Waals surface area contributed by atoms with Gasteiger partial charge in [0.05, 0.1) is 0 Å². The molecule has 0 saturated heterocycles. The number of aromatic nitrogens is 1. The zero-order valence-electron chi connectivity index (χ0n) is 11.1. The highest BCUT2D eigenvalue weighted by molar-refractivity contribution is 5.92. The van der Waals surface area contributed by atoms with E-state index < -0.39 is 5.97 Å². The largest absolute Gasteiger partial charge is 0.481 e. The minimum atomic E-state index is -0.817. The minimum Gasteiger partial charge on any atom is -0.481 e. The molecule has 1 aliphatic carbocycles. The fourth-order valence-electron chi connectivity index (χ4n) is 2.19. The lowest BCUT2D eigenvalue weighted by Crippen LogP contribution is -2.31. The summed E-state index contributed by atoms with van der Waals surface area (Å²) in [5, 5.41) is 11.6. The maximum absolute atomic E-state index is 12.1. The van der Waals surface area contributed by atoms with E-state index in [4.69, 9.17) is 5.11 Å². The molecule has 0 spiro atoms. The highest BCUT2D eigenvalue weighted by Crippen LogP contribution is 2.35.